The van der Waals surface area contributed by atoms with Gasteiger partial charge < -0.3 is 77.5 Å². The quantitative estimate of drug-likeness (QED) is 0.0110. The summed E-state index contributed by atoms with van der Waals surface area (Å²) in [5, 5.41) is 118. The molecule has 4 aromatic heterocycles. The molecule has 0 spiro atoms. The molecule has 0 aliphatic carbocycles. The summed E-state index contributed by atoms with van der Waals surface area (Å²) < 4.78 is 17.2. The zero-order chi connectivity index (χ0) is 64.0. The minimum Gasteiger partial charge on any atom is -0.688 e. The Kier molecular flexibility index (Phi) is 30.4. The van der Waals surface area contributed by atoms with Gasteiger partial charge in [-0.1, -0.05) is 70.1 Å². The van der Waals surface area contributed by atoms with Crippen LogP contribution in [0, 0.1) is 6.26 Å². The summed E-state index contributed by atoms with van der Waals surface area (Å²) >= 11 is 0. The fourth-order valence-corrected chi connectivity index (χ4v) is 10.1. The number of para-hydroxylation sites is 2. The number of hydrogen-bond acceptors (Lipinski definition) is 24. The molecule has 34 heteroatoms. The van der Waals surface area contributed by atoms with Gasteiger partial charge in [-0.15, -0.1) is 20.4 Å². The minimum absolute atomic E-state index is 0. The summed E-state index contributed by atoms with van der Waals surface area (Å²) in [5.41, 5.74) is 4.51. The molecular weight excluding hydrogens is 1210 g/mol. The first-order chi connectivity index (χ1) is 42.9. The Hall–Kier alpha value is -7.43. The number of benzene rings is 2. The third kappa shape index (κ3) is 21.3. The Morgan fingerprint density at radius 2 is 1.07 bits per heavy atom. The fourth-order valence-electron chi connectivity index (χ4n) is 10.1. The first kappa shape index (κ1) is 74.3. The van der Waals surface area contributed by atoms with Crippen LogP contribution in [0.4, 0.5) is 11.4 Å². The van der Waals surface area contributed by atoms with Crippen LogP contribution in [0.15, 0.2) is 91.2 Å². The van der Waals surface area contributed by atoms with Gasteiger partial charge in [-0.05, 0) is 63.2 Å². The number of unbranched alkanes of at least 4 members (excludes halogenated alkanes) is 4. The van der Waals surface area contributed by atoms with Crippen molar-refractivity contribution < 1.29 is 138 Å². The van der Waals surface area contributed by atoms with Gasteiger partial charge in [0.25, 0.3) is 0 Å². The molecule has 2 aliphatic heterocycles. The van der Waals surface area contributed by atoms with E-state index in [-0.39, 0.29) is 89.9 Å². The van der Waals surface area contributed by atoms with Crippen LogP contribution < -0.4 is 85.5 Å². The second-order valence-electron chi connectivity index (χ2n) is 21.0. The Bertz CT molecular complexity index is 3430. The van der Waals surface area contributed by atoms with E-state index in [2.05, 4.69) is 68.8 Å². The van der Waals surface area contributed by atoms with Gasteiger partial charge in [0, 0.05) is 63.3 Å². The van der Waals surface area contributed by atoms with Crippen LogP contribution in [0.2, 0.25) is 0 Å². The fraction of sp³-hybridized carbons (Fsp3) is 0.474. The van der Waals surface area contributed by atoms with Crippen LogP contribution in [0.5, 0.6) is 0 Å². The van der Waals surface area contributed by atoms with Gasteiger partial charge in [0.05, 0.1) is 72.5 Å². The van der Waals surface area contributed by atoms with Crippen molar-refractivity contribution in [1.82, 2.24) is 70.6 Å². The SMILES string of the molecule is CC(=O)N[C@@H]1[C@@H]([C@@H](O)[C@@H](O)CO)O[C-]=C[C@H]1n1cc(-c2ccccc2NC(=O)CCCCCn2cc(CCCc3cn(CCCCCC(=O)Nc4ccccc4-c4cn([C@H]5C=C(C(=O)[O-])O[C@@H]([C@H](O)[C@H](O)CO)[C@@H]5NC(C)=O)nn4)nn3)nn2)nn1.O=C=O.[Na+].[Na+]. The number of hydrogen-bond donors (Lipinski definition) is 10. The molecule has 6 aromatic rings. The summed E-state index contributed by atoms with van der Waals surface area (Å²) in [5.74, 6) is -3.79. The minimum atomic E-state index is -1.82. The monoisotopic (exact) mass is 1280 g/mol. The zero-order valence-electron chi connectivity index (χ0n) is 50.6. The van der Waals surface area contributed by atoms with Crippen LogP contribution in [0.25, 0.3) is 22.5 Å². The number of anilines is 2. The predicted molar refractivity (Wildman–Crippen MR) is 304 cm³/mol. The largest absolute Gasteiger partial charge is 1.00 e. The second-order valence-corrected chi connectivity index (χ2v) is 21.0. The number of nitrogens with one attached hydrogen (secondary N) is 4. The smallest absolute Gasteiger partial charge is 0.688 e. The van der Waals surface area contributed by atoms with E-state index in [1.807, 2.05) is 12.4 Å². The van der Waals surface area contributed by atoms with Crippen LogP contribution in [0.3, 0.4) is 0 Å². The van der Waals surface area contributed by atoms with E-state index in [9.17, 15) is 59.7 Å². The summed E-state index contributed by atoms with van der Waals surface area (Å²) in [4.78, 5) is 78.9. The van der Waals surface area contributed by atoms with Crippen molar-refractivity contribution in [3.8, 4) is 22.5 Å². The molecule has 91 heavy (non-hydrogen) atoms. The number of ether oxygens (including phenoxy) is 2. The van der Waals surface area contributed by atoms with E-state index in [0.29, 0.717) is 72.7 Å². The molecule has 0 fully saturated rings. The average molecular weight is 1280 g/mol. The van der Waals surface area contributed by atoms with Crippen molar-refractivity contribution in [2.45, 2.75) is 158 Å². The maximum atomic E-state index is 13.2. The van der Waals surface area contributed by atoms with Crippen LogP contribution in [-0.4, -0.2) is 188 Å². The number of aliphatic hydroxyl groups is 6. The molecule has 4 amide bonds. The number of amides is 4. The van der Waals surface area contributed by atoms with Gasteiger partial charge >= 0.3 is 65.3 Å². The number of aliphatic carboxylic acids is 1. The van der Waals surface area contributed by atoms with E-state index in [4.69, 9.17) is 19.1 Å². The number of carbonyl (C=O) groups is 5. The van der Waals surface area contributed by atoms with E-state index in [1.165, 1.54) is 35.5 Å². The third-order valence-electron chi connectivity index (χ3n) is 14.5. The van der Waals surface area contributed by atoms with Crippen molar-refractivity contribution in [2.24, 2.45) is 0 Å². The second kappa shape index (κ2) is 37.2. The van der Waals surface area contributed by atoms with E-state index >= 15 is 0 Å². The number of aliphatic hydroxyl groups excluding tert-OH is 6. The molecule has 6 heterocycles. The van der Waals surface area contributed by atoms with Crippen molar-refractivity contribution in [1.29, 1.82) is 0 Å². The molecule has 0 radical (unpaired) electrons. The van der Waals surface area contributed by atoms with Crippen molar-refractivity contribution in [2.75, 3.05) is 23.8 Å². The number of carbonyl (C=O) groups excluding carboxylic acids is 7. The van der Waals surface area contributed by atoms with Gasteiger partial charge in [0.1, 0.15) is 59.7 Å². The Balaban J connectivity index is 0.00000295. The zero-order valence-corrected chi connectivity index (χ0v) is 54.6. The molecule has 32 nitrogen and oxygen atoms in total. The molecule has 2 aliphatic rings. The average Bonchev–Trinajstić information content (AvgIpc) is 2.03. The molecule has 0 bridgehead atoms. The Morgan fingerprint density at radius 3 is 1.53 bits per heavy atom. The molecular formula is C57H70N16Na2O16. The number of aryl methyl sites for hydroxylation is 4. The molecule has 10 atom stereocenters. The van der Waals surface area contributed by atoms with Gasteiger partial charge in [-0.25, -0.2) is 15.4 Å². The first-order valence-electron chi connectivity index (χ1n) is 28.6. The van der Waals surface area contributed by atoms with Crippen molar-refractivity contribution in [3.63, 3.8) is 0 Å². The number of nitrogens with zero attached hydrogens (tertiary/aromatic N) is 12. The molecule has 8 rings (SSSR count). The number of carboxylic acids is 1. The van der Waals surface area contributed by atoms with Gasteiger partial charge in [0.2, 0.25) is 23.6 Å². The van der Waals surface area contributed by atoms with Crippen molar-refractivity contribution >= 4 is 47.1 Å². The van der Waals surface area contributed by atoms with Gasteiger partial charge in [0.15, 0.2) is 0 Å². The summed E-state index contributed by atoms with van der Waals surface area (Å²) in [6.45, 7) is 2.17. The normalized spacial score (nSPS) is 18.7. The summed E-state index contributed by atoms with van der Waals surface area (Å²) in [6, 6.07) is 10.1. The Morgan fingerprint density at radius 1 is 0.615 bits per heavy atom. The molecule has 0 unspecified atom stereocenters. The summed E-state index contributed by atoms with van der Waals surface area (Å²) in [7, 11) is 0. The van der Waals surface area contributed by atoms with E-state index in [0.717, 1.165) is 49.6 Å². The molecule has 10 N–H and O–H groups in total. The molecule has 0 saturated heterocycles. The maximum absolute atomic E-state index is 13.2. The Labute approximate surface area is 565 Å². The van der Waals surface area contributed by atoms with Crippen LogP contribution in [0.1, 0.15) is 95.1 Å². The van der Waals surface area contributed by atoms with Crippen LogP contribution in [-0.2, 0) is 69.0 Å². The topological polar surface area (TPSA) is 453 Å². The van der Waals surface area contributed by atoms with Crippen molar-refractivity contribution in [3.05, 3.63) is 109 Å². The standard InChI is InChI=1S/C56H71N16O14.CO2.2Na/c1-33(75)57-50-43(22-25-85-54(50)52(81)45(77)31-73)71-29-41(63-67-71)37-16-7-9-18-39(37)59-48(79)20-5-3-11-23-69-27-35(61-65-69)14-13-15-36-28-70(66-62-36)24-12-4-6-21-49(80)60-40-19-10-8-17-38(40)42-30-72(68-64-42)44-26-47(56(83)84)86-55(51(44)58-34(2)76)53(82)46(78)32-74;2-1-3;;/h7-10,16-19,22,26-30,43-46,50-55,73-74,77-78,81-82H,3-6,11-15,20-21,23-24,31-32H2,1-2H3,(H,57,75)(H,58,76)(H,59,79)(H,60,80)(H,83,84);;;/q-1;;2*+1/p-1/t43-,44+,45+,46-,50+,51-,52+,53-,54+,55-;;;/m1.../s1. The van der Waals surface area contributed by atoms with Gasteiger partial charge in [-0.2, -0.15) is 9.59 Å². The first-order valence-corrected chi connectivity index (χ1v) is 28.6. The number of rotatable bonds is 31. The predicted octanol–water partition coefficient (Wildman–Crippen LogP) is -7.35. The molecule has 476 valence electrons. The summed E-state index contributed by atoms with van der Waals surface area (Å²) in [6.07, 6.45) is 10.1. The third-order valence-corrected chi connectivity index (χ3v) is 14.5. The number of aromatic nitrogens is 12. The maximum Gasteiger partial charge on any atom is 1.00 e. The van der Waals surface area contributed by atoms with Gasteiger partial charge in [-0.3, -0.25) is 28.5 Å². The van der Waals surface area contributed by atoms with E-state index < -0.39 is 97.5 Å². The molecule has 0 saturated carbocycles. The number of carboxylic acid groups (broad SMARTS) is 1. The van der Waals surface area contributed by atoms with Crippen LogP contribution >= 0.6 is 0 Å². The van der Waals surface area contributed by atoms with E-state index in [1.54, 1.807) is 64.1 Å². The molecule has 2 aromatic carbocycles.